The van der Waals surface area contributed by atoms with E-state index in [0.29, 0.717) is 12.1 Å². The minimum absolute atomic E-state index is 0.0290. The van der Waals surface area contributed by atoms with Gasteiger partial charge in [0.15, 0.2) is 0 Å². The van der Waals surface area contributed by atoms with Gasteiger partial charge in [-0.3, -0.25) is 4.79 Å². The highest BCUT2D eigenvalue weighted by Crippen LogP contribution is 2.42. The average Bonchev–Trinajstić information content (AvgIpc) is 2.81. The maximum Gasteiger partial charge on any atom is 0.254 e. The lowest BCUT2D eigenvalue weighted by atomic mass is 10.1. The molecule has 1 saturated carbocycles. The van der Waals surface area contributed by atoms with Gasteiger partial charge < -0.3 is 10.0 Å². The molecule has 4 unspecified atom stereocenters. The summed E-state index contributed by atoms with van der Waals surface area (Å²) in [4.78, 5) is 14.4. The number of hydrogen-bond acceptors (Lipinski definition) is 2. The van der Waals surface area contributed by atoms with Gasteiger partial charge in [0.1, 0.15) is 0 Å². The number of rotatable bonds is 1. The number of aliphatic hydroxyl groups is 1. The highest BCUT2D eigenvalue weighted by Gasteiger charge is 2.52. The van der Waals surface area contributed by atoms with E-state index in [-0.39, 0.29) is 28.8 Å². The van der Waals surface area contributed by atoms with Gasteiger partial charge in [-0.15, -0.1) is 0 Å². The number of benzene rings is 1. The number of carbonyl (C=O) groups excluding carboxylic acids is 1. The Balaban J connectivity index is 1.85. The number of amides is 1. The molecule has 1 aromatic rings. The van der Waals surface area contributed by atoms with Crippen LogP contribution in [0.3, 0.4) is 0 Å². The summed E-state index contributed by atoms with van der Waals surface area (Å²) < 4.78 is 0. The molecule has 3 nitrogen and oxygen atoms in total. The first-order valence-corrected chi connectivity index (χ1v) is 6.78. The van der Waals surface area contributed by atoms with Crippen molar-refractivity contribution in [3.05, 3.63) is 35.9 Å². The number of alkyl halides is 1. The van der Waals surface area contributed by atoms with E-state index in [2.05, 4.69) is 15.9 Å². The Kier molecular flexibility index (Phi) is 2.71. The van der Waals surface area contributed by atoms with E-state index in [4.69, 9.17) is 0 Å². The van der Waals surface area contributed by atoms with Crippen LogP contribution in [0.4, 0.5) is 0 Å². The van der Waals surface area contributed by atoms with Crippen molar-refractivity contribution in [1.82, 2.24) is 4.90 Å². The molecule has 1 aliphatic heterocycles. The largest absolute Gasteiger partial charge is 0.391 e. The van der Waals surface area contributed by atoms with Crippen molar-refractivity contribution < 1.29 is 9.90 Å². The molecule has 1 aromatic carbocycles. The summed E-state index contributed by atoms with van der Waals surface area (Å²) >= 11 is 3.56. The molecule has 0 aromatic heterocycles. The van der Waals surface area contributed by atoms with E-state index in [0.717, 1.165) is 6.42 Å². The van der Waals surface area contributed by atoms with Crippen LogP contribution in [0.15, 0.2) is 30.3 Å². The zero-order valence-electron chi connectivity index (χ0n) is 9.29. The minimum atomic E-state index is -0.368. The molecule has 4 atom stereocenters. The Morgan fingerprint density at radius 1 is 1.35 bits per heavy atom. The number of likely N-dealkylation sites (tertiary alicyclic amines) is 1. The van der Waals surface area contributed by atoms with Gasteiger partial charge in [-0.2, -0.15) is 0 Å². The van der Waals surface area contributed by atoms with Crippen LogP contribution in [0.5, 0.6) is 0 Å². The summed E-state index contributed by atoms with van der Waals surface area (Å²) in [6.07, 6.45) is 0.594. The second-order valence-corrected chi connectivity index (χ2v) is 5.99. The van der Waals surface area contributed by atoms with Gasteiger partial charge >= 0.3 is 0 Å². The fourth-order valence-corrected chi connectivity index (χ4v) is 4.04. The van der Waals surface area contributed by atoms with Crippen LogP contribution >= 0.6 is 15.9 Å². The van der Waals surface area contributed by atoms with Crippen LogP contribution < -0.4 is 0 Å². The standard InChI is InChI=1S/C13H14BrNO2/c14-10-6-9-7-15(11(10)12(9)16)13(17)8-4-2-1-3-5-8/h1-5,9-12,16H,6-7H2. The van der Waals surface area contributed by atoms with Crippen molar-refractivity contribution in [1.29, 1.82) is 0 Å². The van der Waals surface area contributed by atoms with Gasteiger partial charge in [-0.05, 0) is 18.6 Å². The summed E-state index contributed by atoms with van der Waals surface area (Å²) in [7, 11) is 0. The van der Waals surface area contributed by atoms with Gasteiger partial charge in [0, 0.05) is 22.9 Å². The molecule has 2 fully saturated rings. The van der Waals surface area contributed by atoms with Crippen LogP contribution in [0, 0.1) is 5.92 Å². The smallest absolute Gasteiger partial charge is 0.254 e. The van der Waals surface area contributed by atoms with Crippen LogP contribution in [-0.4, -0.2) is 39.4 Å². The van der Waals surface area contributed by atoms with Gasteiger partial charge in [-0.25, -0.2) is 0 Å². The highest BCUT2D eigenvalue weighted by molar-refractivity contribution is 9.09. The molecule has 2 bridgehead atoms. The minimum Gasteiger partial charge on any atom is -0.391 e. The van der Waals surface area contributed by atoms with Crippen LogP contribution in [0.2, 0.25) is 0 Å². The second-order valence-electron chi connectivity index (χ2n) is 4.82. The maximum absolute atomic E-state index is 12.3. The number of fused-ring (bicyclic) bond motifs is 2. The molecule has 3 rings (SSSR count). The highest BCUT2D eigenvalue weighted by atomic mass is 79.9. The van der Waals surface area contributed by atoms with Crippen LogP contribution in [-0.2, 0) is 0 Å². The van der Waals surface area contributed by atoms with E-state index in [1.165, 1.54) is 0 Å². The summed E-state index contributed by atoms with van der Waals surface area (Å²) in [6, 6.07) is 9.21. The predicted octanol–water partition coefficient (Wildman–Crippen LogP) is 1.66. The molecule has 1 N–H and O–H groups in total. The number of aliphatic hydroxyl groups excluding tert-OH is 1. The predicted molar refractivity (Wildman–Crippen MR) is 68.1 cm³/mol. The summed E-state index contributed by atoms with van der Waals surface area (Å²) in [6.45, 7) is 0.682. The first-order valence-electron chi connectivity index (χ1n) is 5.86. The fourth-order valence-electron chi connectivity index (χ4n) is 2.96. The SMILES string of the molecule is O=C(c1ccccc1)N1CC2CC(Br)C1C2O. The van der Waals surface area contributed by atoms with E-state index in [9.17, 15) is 9.90 Å². The lowest BCUT2D eigenvalue weighted by Crippen LogP contribution is -2.44. The molecular weight excluding hydrogens is 282 g/mol. The Labute approximate surface area is 109 Å². The molecule has 2 aliphatic rings. The van der Waals surface area contributed by atoms with Crippen molar-refractivity contribution >= 4 is 21.8 Å². The zero-order chi connectivity index (χ0) is 12.0. The van der Waals surface area contributed by atoms with E-state index in [1.54, 1.807) is 0 Å². The number of hydrogen-bond donors (Lipinski definition) is 1. The van der Waals surface area contributed by atoms with Crippen molar-refractivity contribution in [3.63, 3.8) is 0 Å². The van der Waals surface area contributed by atoms with Crippen LogP contribution in [0.25, 0.3) is 0 Å². The third kappa shape index (κ3) is 1.70. The van der Waals surface area contributed by atoms with Crippen molar-refractivity contribution in [3.8, 4) is 0 Å². The molecule has 1 aliphatic carbocycles. The van der Waals surface area contributed by atoms with Gasteiger partial charge in [0.2, 0.25) is 0 Å². The zero-order valence-corrected chi connectivity index (χ0v) is 10.9. The topological polar surface area (TPSA) is 40.5 Å². The Morgan fingerprint density at radius 2 is 2.06 bits per heavy atom. The molecule has 1 amide bonds. The monoisotopic (exact) mass is 295 g/mol. The number of nitrogens with zero attached hydrogens (tertiary/aromatic N) is 1. The van der Waals surface area contributed by atoms with Gasteiger partial charge in [0.05, 0.1) is 12.1 Å². The first kappa shape index (κ1) is 11.2. The lowest BCUT2D eigenvalue weighted by Gasteiger charge is -2.30. The Hall–Kier alpha value is -0.870. The maximum atomic E-state index is 12.3. The second kappa shape index (κ2) is 4.10. The average molecular weight is 296 g/mol. The first-order chi connectivity index (χ1) is 8.18. The van der Waals surface area contributed by atoms with Gasteiger partial charge in [0.25, 0.3) is 5.91 Å². The molecule has 1 heterocycles. The Morgan fingerprint density at radius 3 is 2.65 bits per heavy atom. The fraction of sp³-hybridized carbons (Fsp3) is 0.462. The normalized spacial score (nSPS) is 35.3. The molecule has 17 heavy (non-hydrogen) atoms. The van der Waals surface area contributed by atoms with Gasteiger partial charge in [-0.1, -0.05) is 34.1 Å². The summed E-state index contributed by atoms with van der Waals surface area (Å²) in [5.41, 5.74) is 0.701. The lowest BCUT2D eigenvalue weighted by molar-refractivity contribution is 0.0659. The third-order valence-electron chi connectivity index (χ3n) is 3.80. The van der Waals surface area contributed by atoms with Crippen LogP contribution in [0.1, 0.15) is 16.8 Å². The van der Waals surface area contributed by atoms with E-state index >= 15 is 0 Å². The summed E-state index contributed by atoms with van der Waals surface area (Å²) in [5, 5.41) is 10.0. The molecule has 0 spiro atoms. The number of carbonyl (C=O) groups is 1. The van der Waals surface area contributed by atoms with Crippen molar-refractivity contribution in [2.45, 2.75) is 23.4 Å². The molecule has 90 valence electrons. The summed E-state index contributed by atoms with van der Waals surface area (Å²) in [5.74, 6) is 0.262. The van der Waals surface area contributed by atoms with Crippen molar-refractivity contribution in [2.75, 3.05) is 6.54 Å². The van der Waals surface area contributed by atoms with E-state index < -0.39 is 0 Å². The molecule has 4 heteroatoms. The Bertz CT molecular complexity index is 436. The number of halogens is 1. The molecule has 0 radical (unpaired) electrons. The van der Waals surface area contributed by atoms with E-state index in [1.807, 2.05) is 35.2 Å². The third-order valence-corrected chi connectivity index (χ3v) is 4.72. The number of piperidine rings is 1. The molecular formula is C13H14BrNO2. The van der Waals surface area contributed by atoms with Crippen molar-refractivity contribution in [2.24, 2.45) is 5.92 Å². The quantitative estimate of drug-likeness (QED) is 0.801. The molecule has 1 saturated heterocycles.